The van der Waals surface area contributed by atoms with E-state index in [2.05, 4.69) is 17.9 Å². The molecule has 0 saturated carbocycles. The topological polar surface area (TPSA) is 60.0 Å². The van der Waals surface area contributed by atoms with E-state index in [0.29, 0.717) is 12.6 Å². The van der Waals surface area contributed by atoms with E-state index in [1.54, 1.807) is 0 Å². The molecule has 1 aliphatic rings. The van der Waals surface area contributed by atoms with Crippen molar-refractivity contribution in [1.82, 2.24) is 0 Å². The molecule has 1 atom stereocenters. The standard InChI is InChI=1S/C17H19N3O/c1-3-15-12-21-9-8-20(15)17-7-5-4-6-16(17)13(2)14(10-18)11-19/h4-7,15H,3,8-9,12H2,1-2H3/t15-/m1/s1. The summed E-state index contributed by atoms with van der Waals surface area (Å²) in [7, 11) is 0. The molecule has 0 aliphatic carbocycles. The van der Waals surface area contributed by atoms with Crippen molar-refractivity contribution in [2.75, 3.05) is 24.7 Å². The predicted octanol–water partition coefficient (Wildman–Crippen LogP) is 3.12. The van der Waals surface area contributed by atoms with Gasteiger partial charge in [0.15, 0.2) is 0 Å². The molecule has 1 aliphatic heterocycles. The maximum atomic E-state index is 9.09. The van der Waals surface area contributed by atoms with Gasteiger partial charge in [0.2, 0.25) is 0 Å². The van der Waals surface area contributed by atoms with Gasteiger partial charge in [0, 0.05) is 17.8 Å². The third kappa shape index (κ3) is 3.07. The summed E-state index contributed by atoms with van der Waals surface area (Å²) in [5, 5.41) is 18.2. The number of ether oxygens (including phenoxy) is 1. The Morgan fingerprint density at radius 3 is 2.71 bits per heavy atom. The zero-order chi connectivity index (χ0) is 15.2. The molecule has 4 heteroatoms. The van der Waals surface area contributed by atoms with Crippen molar-refractivity contribution in [3.63, 3.8) is 0 Å². The smallest absolute Gasteiger partial charge is 0.133 e. The summed E-state index contributed by atoms with van der Waals surface area (Å²) in [6, 6.07) is 12.3. The molecular formula is C17H19N3O. The van der Waals surface area contributed by atoms with Crippen molar-refractivity contribution >= 4 is 11.3 Å². The van der Waals surface area contributed by atoms with E-state index < -0.39 is 0 Å². The molecule has 21 heavy (non-hydrogen) atoms. The van der Waals surface area contributed by atoms with Crippen molar-refractivity contribution in [2.45, 2.75) is 26.3 Å². The van der Waals surface area contributed by atoms with Crippen LogP contribution in [-0.4, -0.2) is 25.8 Å². The van der Waals surface area contributed by atoms with Gasteiger partial charge in [-0.2, -0.15) is 10.5 Å². The van der Waals surface area contributed by atoms with Crippen LogP contribution < -0.4 is 4.90 Å². The largest absolute Gasteiger partial charge is 0.377 e. The van der Waals surface area contributed by atoms with Crippen molar-refractivity contribution in [3.05, 3.63) is 35.4 Å². The second-order valence-electron chi connectivity index (χ2n) is 5.07. The van der Waals surface area contributed by atoms with E-state index in [9.17, 15) is 0 Å². The van der Waals surface area contributed by atoms with Gasteiger partial charge in [0.1, 0.15) is 17.7 Å². The molecule has 0 aromatic heterocycles. The zero-order valence-corrected chi connectivity index (χ0v) is 12.5. The summed E-state index contributed by atoms with van der Waals surface area (Å²) in [4.78, 5) is 2.33. The lowest BCUT2D eigenvalue weighted by molar-refractivity contribution is 0.0930. The molecule has 2 rings (SSSR count). The van der Waals surface area contributed by atoms with E-state index in [4.69, 9.17) is 15.3 Å². The molecule has 1 aromatic carbocycles. The number of nitrogens with zero attached hydrogens (tertiary/aromatic N) is 3. The summed E-state index contributed by atoms with van der Waals surface area (Å²) in [6.07, 6.45) is 1.00. The Bertz CT molecular complexity index is 606. The monoisotopic (exact) mass is 281 g/mol. The minimum absolute atomic E-state index is 0.170. The summed E-state index contributed by atoms with van der Waals surface area (Å²) in [5.41, 5.74) is 2.94. The van der Waals surface area contributed by atoms with Crippen molar-refractivity contribution < 1.29 is 4.74 Å². The average molecular weight is 281 g/mol. The first-order valence-electron chi connectivity index (χ1n) is 7.17. The third-order valence-electron chi connectivity index (χ3n) is 3.91. The zero-order valence-electron chi connectivity index (χ0n) is 12.5. The number of hydrogen-bond donors (Lipinski definition) is 0. The molecule has 108 valence electrons. The van der Waals surface area contributed by atoms with Gasteiger partial charge in [-0.05, 0) is 25.0 Å². The number of benzene rings is 1. The summed E-state index contributed by atoms with van der Waals surface area (Å²) < 4.78 is 5.56. The van der Waals surface area contributed by atoms with Crippen molar-refractivity contribution in [3.8, 4) is 12.1 Å². The minimum atomic E-state index is 0.170. The molecule has 0 N–H and O–H groups in total. The SMILES string of the molecule is CC[C@@H]1COCCN1c1ccccc1C(C)=C(C#N)C#N. The maximum Gasteiger partial charge on any atom is 0.133 e. The highest BCUT2D eigenvalue weighted by atomic mass is 16.5. The van der Waals surface area contributed by atoms with Gasteiger partial charge in [-0.1, -0.05) is 25.1 Å². The van der Waals surface area contributed by atoms with Gasteiger partial charge < -0.3 is 9.64 Å². The fraction of sp³-hybridized carbons (Fsp3) is 0.412. The van der Waals surface area contributed by atoms with Crippen LogP contribution in [0.3, 0.4) is 0 Å². The van der Waals surface area contributed by atoms with Crippen LogP contribution in [0.2, 0.25) is 0 Å². The minimum Gasteiger partial charge on any atom is -0.377 e. The first-order valence-corrected chi connectivity index (χ1v) is 7.17. The molecule has 0 spiro atoms. The molecule has 4 nitrogen and oxygen atoms in total. The Kier molecular flexibility index (Phi) is 4.98. The number of anilines is 1. The first-order chi connectivity index (χ1) is 10.2. The maximum absolute atomic E-state index is 9.09. The van der Waals surface area contributed by atoms with Crippen LogP contribution in [0, 0.1) is 22.7 Å². The van der Waals surface area contributed by atoms with Crippen LogP contribution in [0.5, 0.6) is 0 Å². The van der Waals surface area contributed by atoms with Gasteiger partial charge in [-0.15, -0.1) is 0 Å². The van der Waals surface area contributed by atoms with E-state index in [1.165, 1.54) is 0 Å². The second-order valence-corrected chi connectivity index (χ2v) is 5.07. The van der Waals surface area contributed by atoms with Gasteiger partial charge >= 0.3 is 0 Å². The predicted molar refractivity (Wildman–Crippen MR) is 82.5 cm³/mol. The summed E-state index contributed by atoms with van der Waals surface area (Å²) >= 11 is 0. The molecular weight excluding hydrogens is 262 g/mol. The highest BCUT2D eigenvalue weighted by Crippen LogP contribution is 2.31. The van der Waals surface area contributed by atoms with Gasteiger partial charge in [-0.3, -0.25) is 0 Å². The van der Waals surface area contributed by atoms with Crippen molar-refractivity contribution in [1.29, 1.82) is 10.5 Å². The number of allylic oxidation sites excluding steroid dienone is 2. The molecule has 0 unspecified atom stereocenters. The van der Waals surface area contributed by atoms with E-state index in [1.807, 2.05) is 37.3 Å². The van der Waals surface area contributed by atoms with Crippen LogP contribution in [0.4, 0.5) is 5.69 Å². The van der Waals surface area contributed by atoms with E-state index in [-0.39, 0.29) is 5.57 Å². The van der Waals surface area contributed by atoms with Crippen LogP contribution in [0.1, 0.15) is 25.8 Å². The second kappa shape index (κ2) is 6.92. The number of para-hydroxylation sites is 1. The normalized spacial score (nSPS) is 17.7. The molecule has 1 heterocycles. The fourth-order valence-corrected chi connectivity index (χ4v) is 2.68. The Morgan fingerprint density at radius 1 is 1.33 bits per heavy atom. The van der Waals surface area contributed by atoms with Gasteiger partial charge in [0.25, 0.3) is 0 Å². The highest BCUT2D eigenvalue weighted by Gasteiger charge is 2.24. The van der Waals surface area contributed by atoms with Crippen LogP contribution in [-0.2, 0) is 4.74 Å². The number of morpholine rings is 1. The molecule has 1 aromatic rings. The van der Waals surface area contributed by atoms with Crippen LogP contribution in [0.25, 0.3) is 5.57 Å². The Hall–Kier alpha value is -2.30. The van der Waals surface area contributed by atoms with Crippen LogP contribution in [0.15, 0.2) is 29.8 Å². The quantitative estimate of drug-likeness (QED) is 0.799. The number of hydrogen-bond acceptors (Lipinski definition) is 4. The Morgan fingerprint density at radius 2 is 2.05 bits per heavy atom. The van der Waals surface area contributed by atoms with Gasteiger partial charge in [0.05, 0.1) is 19.3 Å². The summed E-state index contributed by atoms with van der Waals surface area (Å²) in [6.45, 7) is 6.24. The van der Waals surface area contributed by atoms with Gasteiger partial charge in [-0.25, -0.2) is 0 Å². The lowest BCUT2D eigenvalue weighted by atomic mass is 9.99. The fourth-order valence-electron chi connectivity index (χ4n) is 2.68. The molecule has 0 amide bonds. The molecule has 0 radical (unpaired) electrons. The van der Waals surface area contributed by atoms with E-state index >= 15 is 0 Å². The molecule has 1 fully saturated rings. The Balaban J connectivity index is 2.49. The third-order valence-corrected chi connectivity index (χ3v) is 3.91. The summed E-state index contributed by atoms with van der Waals surface area (Å²) in [5.74, 6) is 0. The van der Waals surface area contributed by atoms with Crippen molar-refractivity contribution in [2.24, 2.45) is 0 Å². The first kappa shape index (κ1) is 15.1. The number of rotatable bonds is 3. The Labute approximate surface area is 125 Å². The van der Waals surface area contributed by atoms with Crippen LogP contribution >= 0.6 is 0 Å². The average Bonchev–Trinajstić information content (AvgIpc) is 2.55. The lowest BCUT2D eigenvalue weighted by Gasteiger charge is -2.38. The highest BCUT2D eigenvalue weighted by molar-refractivity contribution is 5.81. The lowest BCUT2D eigenvalue weighted by Crippen LogP contribution is -2.45. The molecule has 1 saturated heterocycles. The van der Waals surface area contributed by atoms with E-state index in [0.717, 1.165) is 36.4 Å². The number of nitriles is 2. The molecule has 0 bridgehead atoms.